The summed E-state index contributed by atoms with van der Waals surface area (Å²) in [6, 6.07) is 3.80. The van der Waals surface area contributed by atoms with Gasteiger partial charge in [0.25, 0.3) is 5.91 Å². The Morgan fingerprint density at radius 2 is 2.12 bits per heavy atom. The minimum absolute atomic E-state index is 0.101. The van der Waals surface area contributed by atoms with Crippen LogP contribution in [0, 0.1) is 0 Å². The number of likely N-dealkylation sites (N-methyl/N-ethyl adjacent to an activating group) is 1. The van der Waals surface area contributed by atoms with E-state index < -0.39 is 0 Å². The Morgan fingerprint density at radius 1 is 1.47 bits per heavy atom. The first-order valence-electron chi connectivity index (χ1n) is 5.05. The molecular weight excluding hydrogens is 240 g/mol. The molecule has 5 nitrogen and oxygen atoms in total. The van der Waals surface area contributed by atoms with Crippen molar-refractivity contribution < 1.29 is 15.0 Å². The van der Waals surface area contributed by atoms with E-state index in [1.54, 1.807) is 6.92 Å². The molecule has 0 aliphatic carbocycles. The molecule has 1 aromatic carbocycles. The fourth-order valence-corrected chi connectivity index (χ4v) is 1.54. The number of phenols is 2. The smallest absolute Gasteiger partial charge is 0.257 e. The van der Waals surface area contributed by atoms with Gasteiger partial charge in [0, 0.05) is 12.6 Å². The van der Waals surface area contributed by atoms with Crippen LogP contribution in [0.5, 0.6) is 11.5 Å². The first kappa shape index (κ1) is 13.2. The average molecular weight is 254 g/mol. The van der Waals surface area contributed by atoms with E-state index in [4.69, 9.17) is 23.1 Å². The average Bonchev–Trinajstić information content (AvgIpc) is 2.24. The second-order valence-electron chi connectivity index (χ2n) is 3.49. The lowest BCUT2D eigenvalue weighted by molar-refractivity contribution is 0.0785. The third-order valence-electron chi connectivity index (χ3n) is 2.23. The minimum Gasteiger partial charge on any atom is -0.508 e. The topological polar surface area (TPSA) is 86.8 Å². The molecule has 0 aliphatic heterocycles. The van der Waals surface area contributed by atoms with E-state index in [1.807, 2.05) is 0 Å². The van der Waals surface area contributed by atoms with Crippen molar-refractivity contribution in [2.24, 2.45) is 5.73 Å². The number of aromatic hydroxyl groups is 2. The molecule has 0 heterocycles. The van der Waals surface area contributed by atoms with Crippen LogP contribution < -0.4 is 5.73 Å². The van der Waals surface area contributed by atoms with Crippen LogP contribution in [0.1, 0.15) is 17.3 Å². The highest BCUT2D eigenvalue weighted by molar-refractivity contribution is 7.80. The zero-order valence-electron chi connectivity index (χ0n) is 9.38. The first-order valence-corrected chi connectivity index (χ1v) is 5.46. The van der Waals surface area contributed by atoms with Crippen molar-refractivity contribution in [1.29, 1.82) is 0 Å². The summed E-state index contributed by atoms with van der Waals surface area (Å²) in [5.41, 5.74) is 5.49. The van der Waals surface area contributed by atoms with Crippen molar-refractivity contribution in [3.8, 4) is 11.5 Å². The van der Waals surface area contributed by atoms with Gasteiger partial charge in [0.1, 0.15) is 11.5 Å². The number of thiocarbonyl (C=S) groups is 1. The van der Waals surface area contributed by atoms with E-state index in [-0.39, 0.29) is 34.5 Å². The lowest BCUT2D eigenvalue weighted by Crippen LogP contribution is -2.37. The zero-order valence-corrected chi connectivity index (χ0v) is 10.2. The minimum atomic E-state index is -0.377. The third kappa shape index (κ3) is 3.32. The van der Waals surface area contributed by atoms with E-state index in [9.17, 15) is 9.90 Å². The monoisotopic (exact) mass is 254 g/mol. The summed E-state index contributed by atoms with van der Waals surface area (Å²) in [7, 11) is 0. The lowest BCUT2D eigenvalue weighted by Gasteiger charge is -2.20. The molecule has 0 saturated heterocycles. The Kier molecular flexibility index (Phi) is 4.28. The number of rotatable bonds is 4. The van der Waals surface area contributed by atoms with Crippen LogP contribution in [-0.4, -0.2) is 39.1 Å². The van der Waals surface area contributed by atoms with Gasteiger partial charge in [-0.1, -0.05) is 12.2 Å². The number of carbonyl (C=O) groups excluding carboxylic acids is 1. The van der Waals surface area contributed by atoms with Crippen LogP contribution in [0.25, 0.3) is 0 Å². The Hall–Kier alpha value is -1.82. The number of nitrogens with two attached hydrogens (primary N) is 1. The van der Waals surface area contributed by atoms with Gasteiger partial charge in [-0.25, -0.2) is 0 Å². The van der Waals surface area contributed by atoms with Crippen molar-refractivity contribution in [3.63, 3.8) is 0 Å². The third-order valence-corrected chi connectivity index (χ3v) is 2.36. The molecule has 0 aromatic heterocycles. The summed E-state index contributed by atoms with van der Waals surface area (Å²) >= 11 is 4.74. The molecule has 4 N–H and O–H groups in total. The van der Waals surface area contributed by atoms with Gasteiger partial charge < -0.3 is 20.8 Å². The standard InChI is InChI=1S/C11H14N2O3S/c1-2-13(6-10(12)17)11(16)8-4-3-7(14)5-9(8)15/h3-5,14-15H,2,6H2,1H3,(H2,12,17). The fourth-order valence-electron chi connectivity index (χ4n) is 1.39. The molecule has 1 aromatic rings. The van der Waals surface area contributed by atoms with E-state index in [1.165, 1.54) is 17.0 Å². The van der Waals surface area contributed by atoms with E-state index in [0.29, 0.717) is 6.54 Å². The maximum atomic E-state index is 12.0. The number of phenolic OH excluding ortho intramolecular Hbond substituents is 2. The van der Waals surface area contributed by atoms with Crippen LogP contribution in [0.4, 0.5) is 0 Å². The summed E-state index contributed by atoms with van der Waals surface area (Å²) < 4.78 is 0. The number of hydrogen-bond donors (Lipinski definition) is 3. The second kappa shape index (κ2) is 5.49. The molecule has 1 amide bonds. The SMILES string of the molecule is CCN(CC(N)=S)C(=O)c1ccc(O)cc1O. The van der Waals surface area contributed by atoms with Gasteiger partial charge in [-0.2, -0.15) is 0 Å². The Balaban J connectivity index is 2.97. The number of benzene rings is 1. The highest BCUT2D eigenvalue weighted by Gasteiger charge is 2.18. The number of hydrogen-bond acceptors (Lipinski definition) is 4. The Morgan fingerprint density at radius 3 is 2.59 bits per heavy atom. The maximum Gasteiger partial charge on any atom is 0.257 e. The Bertz CT molecular complexity index is 448. The van der Waals surface area contributed by atoms with Gasteiger partial charge in [-0.3, -0.25) is 4.79 Å². The highest BCUT2D eigenvalue weighted by Crippen LogP contribution is 2.23. The molecule has 0 saturated carbocycles. The molecule has 17 heavy (non-hydrogen) atoms. The number of amides is 1. The van der Waals surface area contributed by atoms with Gasteiger partial charge in [0.05, 0.1) is 17.1 Å². The van der Waals surface area contributed by atoms with Crippen molar-refractivity contribution in [2.45, 2.75) is 6.92 Å². The van der Waals surface area contributed by atoms with Gasteiger partial charge in [-0.05, 0) is 19.1 Å². The molecule has 0 unspecified atom stereocenters. The quantitative estimate of drug-likeness (QED) is 0.693. The normalized spacial score (nSPS) is 9.94. The molecule has 0 spiro atoms. The van der Waals surface area contributed by atoms with Crippen LogP contribution in [0.2, 0.25) is 0 Å². The van der Waals surface area contributed by atoms with Crippen molar-refractivity contribution in [1.82, 2.24) is 4.90 Å². The second-order valence-corrected chi connectivity index (χ2v) is 4.01. The molecular formula is C11H14N2O3S. The molecule has 0 fully saturated rings. The maximum absolute atomic E-state index is 12.0. The summed E-state index contributed by atoms with van der Waals surface area (Å²) in [6.45, 7) is 2.37. The summed E-state index contributed by atoms with van der Waals surface area (Å²) in [5, 5.41) is 18.7. The van der Waals surface area contributed by atoms with E-state index in [2.05, 4.69) is 0 Å². The Labute approximate surface area is 104 Å². The van der Waals surface area contributed by atoms with Crippen molar-refractivity contribution in [3.05, 3.63) is 23.8 Å². The summed E-state index contributed by atoms with van der Waals surface area (Å²) in [5.74, 6) is -0.745. The molecule has 92 valence electrons. The van der Waals surface area contributed by atoms with Crippen molar-refractivity contribution in [2.75, 3.05) is 13.1 Å². The first-order chi connectivity index (χ1) is 7.95. The van der Waals surface area contributed by atoms with Crippen LogP contribution in [0.15, 0.2) is 18.2 Å². The summed E-state index contributed by atoms with van der Waals surface area (Å²) in [4.78, 5) is 13.6. The molecule has 0 radical (unpaired) electrons. The predicted molar refractivity (Wildman–Crippen MR) is 68.1 cm³/mol. The highest BCUT2D eigenvalue weighted by atomic mass is 32.1. The molecule has 6 heteroatoms. The van der Waals surface area contributed by atoms with Gasteiger partial charge in [-0.15, -0.1) is 0 Å². The van der Waals surface area contributed by atoms with Gasteiger partial charge in [0.15, 0.2) is 0 Å². The number of nitrogens with zero attached hydrogens (tertiary/aromatic N) is 1. The van der Waals surface area contributed by atoms with Gasteiger partial charge >= 0.3 is 0 Å². The summed E-state index contributed by atoms with van der Waals surface area (Å²) in [6.07, 6.45) is 0. The van der Waals surface area contributed by atoms with Crippen LogP contribution in [0.3, 0.4) is 0 Å². The molecule has 0 aliphatic rings. The fraction of sp³-hybridized carbons (Fsp3) is 0.273. The van der Waals surface area contributed by atoms with E-state index in [0.717, 1.165) is 6.07 Å². The molecule has 0 bridgehead atoms. The number of carbonyl (C=O) groups is 1. The van der Waals surface area contributed by atoms with E-state index >= 15 is 0 Å². The van der Waals surface area contributed by atoms with Gasteiger partial charge in [0.2, 0.25) is 0 Å². The molecule has 1 rings (SSSR count). The lowest BCUT2D eigenvalue weighted by atomic mass is 10.1. The predicted octanol–water partition coefficient (Wildman–Crippen LogP) is 0.846. The zero-order chi connectivity index (χ0) is 13.0. The molecule has 0 atom stereocenters. The van der Waals surface area contributed by atoms with Crippen LogP contribution in [-0.2, 0) is 0 Å². The van der Waals surface area contributed by atoms with Crippen molar-refractivity contribution >= 4 is 23.1 Å². The van der Waals surface area contributed by atoms with Crippen LogP contribution >= 0.6 is 12.2 Å². The largest absolute Gasteiger partial charge is 0.508 e.